The fraction of sp³-hybridized carbons (Fsp3) is 0.538. The summed E-state index contributed by atoms with van der Waals surface area (Å²) in [7, 11) is 3.70. The van der Waals surface area contributed by atoms with Gasteiger partial charge in [0.25, 0.3) is 0 Å². The average molecular weight is 319 g/mol. The lowest BCUT2D eigenvalue weighted by molar-refractivity contribution is 0.235. The number of hydrogen-bond donors (Lipinski definition) is 1. The van der Waals surface area contributed by atoms with Gasteiger partial charge in [0.15, 0.2) is 0 Å². The van der Waals surface area contributed by atoms with Crippen LogP contribution in [-0.4, -0.2) is 14.2 Å². The number of rotatable bonds is 4. The van der Waals surface area contributed by atoms with Crippen LogP contribution in [0.2, 0.25) is 5.02 Å². The number of ether oxygens (including phenoxy) is 1. The van der Waals surface area contributed by atoms with Gasteiger partial charge in [-0.15, -0.1) is 0 Å². The highest BCUT2D eigenvalue weighted by molar-refractivity contribution is 9.10. The second kappa shape index (κ2) is 5.59. The Morgan fingerprint density at radius 3 is 2.65 bits per heavy atom. The minimum Gasteiger partial charge on any atom is -0.495 e. The van der Waals surface area contributed by atoms with Gasteiger partial charge in [0.05, 0.1) is 11.6 Å². The number of hydrogen-bond acceptors (Lipinski definition) is 2. The first-order valence-corrected chi connectivity index (χ1v) is 7.04. The molecular weight excluding hydrogens is 302 g/mol. The van der Waals surface area contributed by atoms with Crippen LogP contribution in [0.5, 0.6) is 5.75 Å². The molecule has 17 heavy (non-hydrogen) atoms. The van der Waals surface area contributed by atoms with Crippen LogP contribution in [0.1, 0.15) is 30.9 Å². The largest absolute Gasteiger partial charge is 0.495 e. The zero-order valence-electron chi connectivity index (χ0n) is 10.1. The number of benzene rings is 1. The van der Waals surface area contributed by atoms with Gasteiger partial charge in [0, 0.05) is 16.6 Å². The molecule has 1 aromatic carbocycles. The third kappa shape index (κ3) is 2.61. The van der Waals surface area contributed by atoms with E-state index in [0.717, 1.165) is 20.8 Å². The minimum absolute atomic E-state index is 0.327. The predicted octanol–water partition coefficient (Wildman–Crippen LogP) is 4.17. The van der Waals surface area contributed by atoms with E-state index in [9.17, 15) is 0 Å². The highest BCUT2D eigenvalue weighted by Gasteiger charge is 2.30. The monoisotopic (exact) mass is 317 g/mol. The van der Waals surface area contributed by atoms with Crippen LogP contribution < -0.4 is 10.1 Å². The second-order valence-corrected chi connectivity index (χ2v) is 5.76. The molecule has 0 heterocycles. The maximum absolute atomic E-state index is 6.13. The SMILES string of the molecule is CNC(c1cc(Cl)cc(Br)c1OC)C1CCC1. The predicted molar refractivity (Wildman–Crippen MR) is 74.8 cm³/mol. The van der Waals surface area contributed by atoms with Gasteiger partial charge in [-0.25, -0.2) is 0 Å². The molecule has 0 spiro atoms. The van der Waals surface area contributed by atoms with Crippen molar-refractivity contribution in [1.82, 2.24) is 5.32 Å². The van der Waals surface area contributed by atoms with Crippen molar-refractivity contribution in [2.45, 2.75) is 25.3 Å². The lowest BCUT2D eigenvalue weighted by Crippen LogP contribution is -2.30. The quantitative estimate of drug-likeness (QED) is 0.899. The van der Waals surface area contributed by atoms with Gasteiger partial charge in [0.1, 0.15) is 5.75 Å². The van der Waals surface area contributed by atoms with Gasteiger partial charge < -0.3 is 10.1 Å². The Kier molecular flexibility index (Phi) is 4.34. The summed E-state index contributed by atoms with van der Waals surface area (Å²) < 4.78 is 6.41. The van der Waals surface area contributed by atoms with Crippen LogP contribution in [0.15, 0.2) is 16.6 Å². The summed E-state index contributed by atoms with van der Waals surface area (Å²) in [6.45, 7) is 0. The van der Waals surface area contributed by atoms with Crippen molar-refractivity contribution in [3.8, 4) is 5.75 Å². The van der Waals surface area contributed by atoms with E-state index in [4.69, 9.17) is 16.3 Å². The van der Waals surface area contributed by atoms with Gasteiger partial charge in [-0.1, -0.05) is 18.0 Å². The summed E-state index contributed by atoms with van der Waals surface area (Å²) in [4.78, 5) is 0. The van der Waals surface area contributed by atoms with Crippen LogP contribution in [-0.2, 0) is 0 Å². The van der Waals surface area contributed by atoms with E-state index >= 15 is 0 Å². The normalized spacial score (nSPS) is 17.6. The summed E-state index contributed by atoms with van der Waals surface area (Å²) in [5.41, 5.74) is 1.15. The topological polar surface area (TPSA) is 21.3 Å². The molecule has 1 aromatic rings. The van der Waals surface area contributed by atoms with Gasteiger partial charge in [-0.05, 0) is 53.9 Å². The fourth-order valence-electron chi connectivity index (χ4n) is 2.44. The third-order valence-electron chi connectivity index (χ3n) is 3.51. The van der Waals surface area contributed by atoms with Crippen molar-refractivity contribution < 1.29 is 4.74 Å². The van der Waals surface area contributed by atoms with Crippen molar-refractivity contribution in [2.24, 2.45) is 5.92 Å². The third-order valence-corrected chi connectivity index (χ3v) is 4.32. The second-order valence-electron chi connectivity index (χ2n) is 4.47. The lowest BCUT2D eigenvalue weighted by atomic mass is 9.77. The van der Waals surface area contributed by atoms with Crippen molar-refractivity contribution in [3.63, 3.8) is 0 Å². The molecule has 4 heteroatoms. The number of nitrogens with one attached hydrogen (secondary N) is 1. The zero-order chi connectivity index (χ0) is 12.4. The Bertz CT molecular complexity index is 407. The lowest BCUT2D eigenvalue weighted by Gasteiger charge is -2.34. The summed E-state index contributed by atoms with van der Waals surface area (Å²) in [6.07, 6.45) is 3.88. The van der Waals surface area contributed by atoms with Crippen LogP contribution >= 0.6 is 27.5 Å². The smallest absolute Gasteiger partial charge is 0.137 e. The van der Waals surface area contributed by atoms with Crippen LogP contribution in [0.4, 0.5) is 0 Å². The van der Waals surface area contributed by atoms with Crippen LogP contribution in [0.3, 0.4) is 0 Å². The summed E-state index contributed by atoms with van der Waals surface area (Å²) in [6, 6.07) is 4.20. The van der Waals surface area contributed by atoms with Gasteiger partial charge in [-0.2, -0.15) is 0 Å². The molecule has 0 radical (unpaired) electrons. The van der Waals surface area contributed by atoms with E-state index in [2.05, 4.69) is 21.2 Å². The van der Waals surface area contributed by atoms with Crippen molar-refractivity contribution in [1.29, 1.82) is 0 Å². The molecule has 0 aromatic heterocycles. The van der Waals surface area contributed by atoms with Gasteiger partial charge >= 0.3 is 0 Å². The molecule has 0 bridgehead atoms. The molecule has 1 fully saturated rings. The summed E-state index contributed by atoms with van der Waals surface area (Å²) in [5.74, 6) is 1.58. The van der Waals surface area contributed by atoms with E-state index in [1.807, 2.05) is 19.2 Å². The Morgan fingerprint density at radius 1 is 1.47 bits per heavy atom. The number of halogens is 2. The molecule has 1 aliphatic carbocycles. The summed E-state index contributed by atoms with van der Waals surface area (Å²) >= 11 is 9.64. The van der Waals surface area contributed by atoms with Crippen LogP contribution in [0, 0.1) is 5.92 Å². The Hall–Kier alpha value is -0.250. The van der Waals surface area contributed by atoms with Crippen molar-refractivity contribution in [2.75, 3.05) is 14.2 Å². The molecule has 0 saturated heterocycles. The molecule has 2 nitrogen and oxygen atoms in total. The van der Waals surface area contributed by atoms with Crippen molar-refractivity contribution >= 4 is 27.5 Å². The first-order chi connectivity index (χ1) is 8.17. The van der Waals surface area contributed by atoms with Gasteiger partial charge in [0.2, 0.25) is 0 Å². The molecule has 1 N–H and O–H groups in total. The van der Waals surface area contributed by atoms with Crippen LogP contribution in [0.25, 0.3) is 0 Å². The molecule has 1 unspecified atom stereocenters. The molecule has 94 valence electrons. The Morgan fingerprint density at radius 2 is 2.18 bits per heavy atom. The van der Waals surface area contributed by atoms with E-state index in [0.29, 0.717) is 12.0 Å². The highest BCUT2D eigenvalue weighted by atomic mass is 79.9. The molecule has 1 atom stereocenters. The van der Waals surface area contributed by atoms with E-state index in [1.54, 1.807) is 7.11 Å². The average Bonchev–Trinajstić information content (AvgIpc) is 2.22. The summed E-state index contributed by atoms with van der Waals surface area (Å²) in [5, 5.41) is 4.13. The van der Waals surface area contributed by atoms with E-state index in [1.165, 1.54) is 19.3 Å². The maximum atomic E-state index is 6.13. The van der Waals surface area contributed by atoms with Crippen molar-refractivity contribution in [3.05, 3.63) is 27.2 Å². The molecule has 1 saturated carbocycles. The fourth-order valence-corrected chi connectivity index (χ4v) is 3.44. The molecular formula is C13H17BrClNO. The standard InChI is InChI=1S/C13H17BrClNO/c1-16-12(8-4-3-5-8)10-6-9(15)7-11(14)13(10)17-2/h6-8,12,16H,3-5H2,1-2H3. The zero-order valence-corrected chi connectivity index (χ0v) is 12.4. The number of methoxy groups -OCH3 is 1. The van der Waals surface area contributed by atoms with E-state index in [-0.39, 0.29) is 0 Å². The Labute approximate surface area is 116 Å². The first kappa shape index (κ1) is 13.2. The molecule has 2 rings (SSSR count). The van der Waals surface area contributed by atoms with Gasteiger partial charge in [-0.3, -0.25) is 0 Å². The maximum Gasteiger partial charge on any atom is 0.137 e. The Balaban J connectivity index is 2.40. The first-order valence-electron chi connectivity index (χ1n) is 5.87. The highest BCUT2D eigenvalue weighted by Crippen LogP contribution is 2.43. The molecule has 0 amide bonds. The molecule has 0 aliphatic heterocycles. The van der Waals surface area contributed by atoms with E-state index < -0.39 is 0 Å². The molecule has 1 aliphatic rings. The minimum atomic E-state index is 0.327.